The summed E-state index contributed by atoms with van der Waals surface area (Å²) in [6.45, 7) is 2.81. The molecule has 62 valence electrons. The molecule has 0 amide bonds. The quantitative estimate of drug-likeness (QED) is 0.577. The summed E-state index contributed by atoms with van der Waals surface area (Å²) in [7, 11) is 0. The first-order valence-corrected chi connectivity index (χ1v) is 3.81. The molecule has 2 radical (unpaired) electrons. The maximum Gasteiger partial charge on any atom is 0.216 e. The van der Waals surface area contributed by atoms with Crippen molar-refractivity contribution in [2.24, 2.45) is 0 Å². The minimum atomic E-state index is -0.295. The molecular weight excluding hydrogens is 142 g/mol. The van der Waals surface area contributed by atoms with Crippen LogP contribution in [0, 0.1) is 0 Å². The van der Waals surface area contributed by atoms with Gasteiger partial charge in [0.2, 0.25) is 6.29 Å². The number of carbonyl (C=O) groups excluding carboxylic acids is 2. The third-order valence-electron chi connectivity index (χ3n) is 1.32. The Morgan fingerprint density at radius 1 is 1.45 bits per heavy atom. The predicted octanol–water partition coefficient (Wildman–Crippen LogP) is 0.354. The van der Waals surface area contributed by atoms with E-state index in [2.05, 4.69) is 5.32 Å². The van der Waals surface area contributed by atoms with Crippen LogP contribution in [0.15, 0.2) is 0 Å². The van der Waals surface area contributed by atoms with Gasteiger partial charge in [0, 0.05) is 6.42 Å². The van der Waals surface area contributed by atoms with Crippen molar-refractivity contribution in [2.75, 3.05) is 6.54 Å². The molecule has 0 heterocycles. The molecule has 0 rings (SSSR count). The Hall–Kier alpha value is -0.700. The van der Waals surface area contributed by atoms with Crippen LogP contribution in [0.5, 0.6) is 0 Å². The van der Waals surface area contributed by atoms with E-state index >= 15 is 0 Å². The van der Waals surface area contributed by atoms with Crippen molar-refractivity contribution in [3.05, 3.63) is 0 Å². The number of rotatable bonds is 7. The lowest BCUT2D eigenvalue weighted by Gasteiger charge is -2.07. The van der Waals surface area contributed by atoms with Crippen LogP contribution in [-0.4, -0.2) is 25.2 Å². The van der Waals surface area contributed by atoms with Crippen LogP contribution in [0.2, 0.25) is 0 Å². The minimum Gasteiger partial charge on any atom is -0.307 e. The molecule has 0 aliphatic carbocycles. The van der Waals surface area contributed by atoms with Crippen molar-refractivity contribution >= 4 is 12.6 Å². The Bertz CT molecular complexity index is 115. The molecule has 1 unspecified atom stereocenters. The van der Waals surface area contributed by atoms with E-state index in [-0.39, 0.29) is 6.04 Å². The van der Waals surface area contributed by atoms with Gasteiger partial charge < -0.3 is 5.32 Å². The lowest BCUT2D eigenvalue weighted by atomic mass is 10.2. The smallest absolute Gasteiger partial charge is 0.216 e. The average Bonchev–Trinajstić information content (AvgIpc) is 2.05. The Kier molecular flexibility index (Phi) is 6.94. The highest BCUT2D eigenvalue weighted by molar-refractivity contribution is 5.60. The van der Waals surface area contributed by atoms with Crippen LogP contribution in [-0.2, 0) is 9.59 Å². The summed E-state index contributed by atoms with van der Waals surface area (Å²) >= 11 is 0. The van der Waals surface area contributed by atoms with Crippen LogP contribution in [0.25, 0.3) is 0 Å². The van der Waals surface area contributed by atoms with Gasteiger partial charge in [0.05, 0.1) is 6.04 Å². The van der Waals surface area contributed by atoms with Gasteiger partial charge >= 0.3 is 0 Å². The fraction of sp³-hybridized carbons (Fsp3) is 0.750. The molecule has 0 aromatic rings. The molecular formula is C8H13NO2. The van der Waals surface area contributed by atoms with Gasteiger partial charge in [-0.2, -0.15) is 0 Å². The minimum absolute atomic E-state index is 0.295. The van der Waals surface area contributed by atoms with Crippen molar-refractivity contribution in [3.8, 4) is 0 Å². The third-order valence-corrected chi connectivity index (χ3v) is 1.32. The van der Waals surface area contributed by atoms with Gasteiger partial charge in [0.25, 0.3) is 0 Å². The summed E-state index contributed by atoms with van der Waals surface area (Å²) in [5.74, 6) is 0. The predicted molar refractivity (Wildman–Crippen MR) is 42.7 cm³/mol. The van der Waals surface area contributed by atoms with Gasteiger partial charge in [0.1, 0.15) is 0 Å². The Labute approximate surface area is 67.2 Å². The summed E-state index contributed by atoms with van der Waals surface area (Å²) in [5, 5.41) is 2.95. The molecule has 3 nitrogen and oxygen atoms in total. The number of hydrogen-bond acceptors (Lipinski definition) is 3. The second kappa shape index (κ2) is 7.41. The van der Waals surface area contributed by atoms with E-state index in [9.17, 15) is 9.59 Å². The van der Waals surface area contributed by atoms with Crippen LogP contribution in [0.1, 0.15) is 26.2 Å². The molecule has 0 saturated carbocycles. The van der Waals surface area contributed by atoms with Crippen LogP contribution in [0.4, 0.5) is 0 Å². The molecule has 3 heteroatoms. The topological polar surface area (TPSA) is 46.2 Å². The number of nitrogens with one attached hydrogen (secondary N) is 1. The molecule has 0 aliphatic rings. The lowest BCUT2D eigenvalue weighted by Crippen LogP contribution is -2.30. The fourth-order valence-electron chi connectivity index (χ4n) is 0.724. The van der Waals surface area contributed by atoms with Crippen molar-refractivity contribution in [1.29, 1.82) is 0 Å². The van der Waals surface area contributed by atoms with Crippen molar-refractivity contribution in [3.63, 3.8) is 0 Å². The SMILES string of the molecule is CCCNC([C]=O)CC[C]=O. The van der Waals surface area contributed by atoms with Crippen molar-refractivity contribution in [2.45, 2.75) is 32.2 Å². The molecule has 1 atom stereocenters. The van der Waals surface area contributed by atoms with Gasteiger partial charge in [-0.05, 0) is 19.4 Å². The Morgan fingerprint density at radius 2 is 2.18 bits per heavy atom. The van der Waals surface area contributed by atoms with E-state index in [4.69, 9.17) is 0 Å². The highest BCUT2D eigenvalue weighted by Gasteiger charge is 2.05. The van der Waals surface area contributed by atoms with Crippen LogP contribution >= 0.6 is 0 Å². The van der Waals surface area contributed by atoms with Gasteiger partial charge in [-0.25, -0.2) is 0 Å². The average molecular weight is 155 g/mol. The van der Waals surface area contributed by atoms with E-state index in [0.717, 1.165) is 13.0 Å². The molecule has 0 aromatic heterocycles. The van der Waals surface area contributed by atoms with E-state index in [1.165, 1.54) is 0 Å². The first-order chi connectivity index (χ1) is 5.35. The van der Waals surface area contributed by atoms with E-state index in [1.54, 1.807) is 6.29 Å². The first-order valence-electron chi connectivity index (χ1n) is 3.81. The third kappa shape index (κ3) is 5.73. The normalized spacial score (nSPS) is 12.5. The fourth-order valence-corrected chi connectivity index (χ4v) is 0.724. The zero-order valence-electron chi connectivity index (χ0n) is 6.72. The summed E-state index contributed by atoms with van der Waals surface area (Å²) in [4.78, 5) is 20.0. The largest absolute Gasteiger partial charge is 0.307 e. The molecule has 0 aromatic carbocycles. The van der Waals surface area contributed by atoms with Gasteiger partial charge in [-0.1, -0.05) is 6.92 Å². The zero-order valence-corrected chi connectivity index (χ0v) is 6.72. The standard InChI is InChI=1S/C8H13NO2/c1-2-5-9-8(7-11)4-3-6-10/h8-9H,2-5H2,1H3. The van der Waals surface area contributed by atoms with Gasteiger partial charge in [0.15, 0.2) is 6.29 Å². The highest BCUT2D eigenvalue weighted by Crippen LogP contribution is 1.91. The monoisotopic (exact) mass is 155 g/mol. The van der Waals surface area contributed by atoms with Crippen molar-refractivity contribution < 1.29 is 9.59 Å². The highest BCUT2D eigenvalue weighted by atomic mass is 16.1. The van der Waals surface area contributed by atoms with E-state index in [1.807, 2.05) is 13.2 Å². The van der Waals surface area contributed by atoms with Gasteiger partial charge in [-0.15, -0.1) is 0 Å². The molecule has 0 spiro atoms. The van der Waals surface area contributed by atoms with E-state index in [0.29, 0.717) is 12.8 Å². The summed E-state index contributed by atoms with van der Waals surface area (Å²) in [6.07, 6.45) is 5.36. The Balaban J connectivity index is 3.40. The van der Waals surface area contributed by atoms with Crippen LogP contribution < -0.4 is 5.32 Å². The Morgan fingerprint density at radius 3 is 2.64 bits per heavy atom. The van der Waals surface area contributed by atoms with Crippen LogP contribution in [0.3, 0.4) is 0 Å². The molecule has 0 bridgehead atoms. The first kappa shape index (κ1) is 10.3. The van der Waals surface area contributed by atoms with Crippen molar-refractivity contribution in [1.82, 2.24) is 5.32 Å². The van der Waals surface area contributed by atoms with E-state index < -0.39 is 0 Å². The number of hydrogen-bond donors (Lipinski definition) is 1. The maximum absolute atomic E-state index is 10.2. The second-order valence-corrected chi connectivity index (χ2v) is 2.31. The molecule has 11 heavy (non-hydrogen) atoms. The molecule has 0 saturated heterocycles. The van der Waals surface area contributed by atoms with Gasteiger partial charge in [-0.3, -0.25) is 9.59 Å². The summed E-state index contributed by atoms with van der Waals surface area (Å²) < 4.78 is 0. The lowest BCUT2D eigenvalue weighted by molar-refractivity contribution is 0.497. The maximum atomic E-state index is 10.2. The summed E-state index contributed by atoms with van der Waals surface area (Å²) in [5.41, 5.74) is 0. The zero-order chi connectivity index (χ0) is 8.53. The molecule has 0 aliphatic heterocycles. The second-order valence-electron chi connectivity index (χ2n) is 2.31. The molecule has 0 fully saturated rings. The molecule has 1 N–H and O–H groups in total. The summed E-state index contributed by atoms with van der Waals surface area (Å²) in [6, 6.07) is -0.295.